The number of likely N-dealkylation sites (tertiary alicyclic amines) is 1. The summed E-state index contributed by atoms with van der Waals surface area (Å²) in [7, 11) is 0. The van der Waals surface area contributed by atoms with E-state index < -0.39 is 5.60 Å². The topological polar surface area (TPSA) is 59.1 Å². The third-order valence-corrected chi connectivity index (χ3v) is 6.24. The van der Waals surface area contributed by atoms with Crippen LogP contribution in [0.2, 0.25) is 0 Å². The van der Waals surface area contributed by atoms with Gasteiger partial charge in [0.05, 0.1) is 5.69 Å². The molecule has 4 rings (SSSR count). The van der Waals surface area contributed by atoms with E-state index in [0.717, 1.165) is 36.1 Å². The minimum Gasteiger partial charge on any atom is -0.444 e. The van der Waals surface area contributed by atoms with E-state index in [-0.39, 0.29) is 24.2 Å². The fourth-order valence-corrected chi connectivity index (χ4v) is 4.59. The van der Waals surface area contributed by atoms with Gasteiger partial charge in [-0.15, -0.1) is 0 Å². The number of para-hydroxylation sites is 1. The van der Waals surface area contributed by atoms with Crippen LogP contribution in [0.15, 0.2) is 54.6 Å². The summed E-state index contributed by atoms with van der Waals surface area (Å²) >= 11 is 0. The van der Waals surface area contributed by atoms with Crippen molar-refractivity contribution < 1.29 is 19.1 Å². The highest BCUT2D eigenvalue weighted by molar-refractivity contribution is 5.89. The van der Waals surface area contributed by atoms with Crippen molar-refractivity contribution in [1.29, 1.82) is 0 Å². The zero-order chi connectivity index (χ0) is 22.8. The maximum atomic E-state index is 13.1. The van der Waals surface area contributed by atoms with Gasteiger partial charge < -0.3 is 14.4 Å². The van der Waals surface area contributed by atoms with Crippen molar-refractivity contribution in [3.63, 3.8) is 0 Å². The molecule has 0 aliphatic carbocycles. The van der Waals surface area contributed by atoms with Crippen molar-refractivity contribution in [3.8, 4) is 0 Å². The summed E-state index contributed by atoms with van der Waals surface area (Å²) in [5.74, 6) is 0. The van der Waals surface area contributed by atoms with Crippen LogP contribution >= 0.6 is 0 Å². The van der Waals surface area contributed by atoms with Gasteiger partial charge in [0.15, 0.2) is 0 Å². The smallest absolute Gasteiger partial charge is 0.414 e. The maximum Gasteiger partial charge on any atom is 0.414 e. The largest absolute Gasteiger partial charge is 0.444 e. The van der Waals surface area contributed by atoms with Crippen LogP contribution < -0.4 is 4.90 Å². The molecule has 1 saturated heterocycles. The molecule has 32 heavy (non-hydrogen) atoms. The fraction of sp³-hybridized carbons (Fsp3) is 0.462. The predicted molar refractivity (Wildman–Crippen MR) is 124 cm³/mol. The molecule has 0 saturated carbocycles. The van der Waals surface area contributed by atoms with E-state index >= 15 is 0 Å². The molecule has 2 aliphatic heterocycles. The molecule has 0 aromatic heterocycles. The number of hydrogen-bond acceptors (Lipinski definition) is 4. The molecule has 1 spiro atoms. The van der Waals surface area contributed by atoms with Gasteiger partial charge in [-0.25, -0.2) is 9.59 Å². The number of anilines is 1. The van der Waals surface area contributed by atoms with Gasteiger partial charge in [-0.3, -0.25) is 4.90 Å². The highest BCUT2D eigenvalue weighted by Gasteiger charge is 2.43. The molecule has 2 amide bonds. The van der Waals surface area contributed by atoms with Crippen molar-refractivity contribution in [3.05, 3.63) is 65.7 Å². The molecule has 0 radical (unpaired) electrons. The van der Waals surface area contributed by atoms with Crippen LogP contribution in [0.25, 0.3) is 0 Å². The second-order valence-electron chi connectivity index (χ2n) is 9.90. The number of ether oxygens (including phenoxy) is 2. The second-order valence-corrected chi connectivity index (χ2v) is 9.90. The second kappa shape index (κ2) is 8.85. The average Bonchev–Trinajstić information content (AvgIpc) is 2.77. The van der Waals surface area contributed by atoms with Gasteiger partial charge >= 0.3 is 12.2 Å². The van der Waals surface area contributed by atoms with Gasteiger partial charge in [-0.05, 0) is 62.6 Å². The summed E-state index contributed by atoms with van der Waals surface area (Å²) in [4.78, 5) is 29.2. The number of piperidine rings is 1. The number of carbonyl (C=O) groups excluding carboxylic acids is 2. The molecule has 2 aromatic carbocycles. The van der Waals surface area contributed by atoms with E-state index in [1.54, 1.807) is 9.80 Å². The number of rotatable bonds is 2. The number of amides is 2. The van der Waals surface area contributed by atoms with Gasteiger partial charge in [0.1, 0.15) is 12.2 Å². The molecule has 2 aliphatic rings. The monoisotopic (exact) mass is 436 g/mol. The highest BCUT2D eigenvalue weighted by atomic mass is 16.6. The van der Waals surface area contributed by atoms with Gasteiger partial charge in [-0.1, -0.05) is 48.5 Å². The Labute approximate surface area is 190 Å². The summed E-state index contributed by atoms with van der Waals surface area (Å²) in [5, 5.41) is 0. The summed E-state index contributed by atoms with van der Waals surface area (Å²) in [6, 6.07) is 17.8. The van der Waals surface area contributed by atoms with Crippen LogP contribution in [0.3, 0.4) is 0 Å². The number of nitrogens with zero attached hydrogens (tertiary/aromatic N) is 2. The van der Waals surface area contributed by atoms with Gasteiger partial charge in [-0.2, -0.15) is 0 Å². The number of fused-ring (bicyclic) bond motifs is 1. The SMILES string of the molecule is CC(C)(C)OC(=O)N1CCC2(CC1)Cc1ccccc1N(C(=O)OCc1ccccc1)C2. The third kappa shape index (κ3) is 5.06. The van der Waals surface area contributed by atoms with E-state index in [1.165, 1.54) is 0 Å². The summed E-state index contributed by atoms with van der Waals surface area (Å²) in [6.45, 7) is 7.75. The molecule has 0 N–H and O–H groups in total. The summed E-state index contributed by atoms with van der Waals surface area (Å²) in [5.41, 5.74) is 2.46. The Morgan fingerprint density at radius 1 is 0.938 bits per heavy atom. The van der Waals surface area contributed by atoms with Crippen LogP contribution in [0, 0.1) is 5.41 Å². The number of benzene rings is 2. The van der Waals surface area contributed by atoms with E-state index in [0.29, 0.717) is 19.6 Å². The van der Waals surface area contributed by atoms with E-state index in [4.69, 9.17) is 9.47 Å². The zero-order valence-electron chi connectivity index (χ0n) is 19.2. The molecule has 0 bridgehead atoms. The molecular weight excluding hydrogens is 404 g/mol. The van der Waals surface area contributed by atoms with Gasteiger partial charge in [0.2, 0.25) is 0 Å². The lowest BCUT2D eigenvalue weighted by atomic mass is 9.71. The van der Waals surface area contributed by atoms with Crippen LogP contribution in [0.5, 0.6) is 0 Å². The first-order valence-corrected chi connectivity index (χ1v) is 11.3. The summed E-state index contributed by atoms with van der Waals surface area (Å²) < 4.78 is 11.2. The van der Waals surface area contributed by atoms with Crippen molar-refractivity contribution >= 4 is 17.9 Å². The molecule has 6 nitrogen and oxygen atoms in total. The first kappa shape index (κ1) is 22.2. The van der Waals surface area contributed by atoms with Gasteiger partial charge in [0.25, 0.3) is 0 Å². The normalized spacial score (nSPS) is 17.6. The fourth-order valence-electron chi connectivity index (χ4n) is 4.59. The highest BCUT2D eigenvalue weighted by Crippen LogP contribution is 2.43. The van der Waals surface area contributed by atoms with Crippen molar-refractivity contribution in [1.82, 2.24) is 4.90 Å². The minimum absolute atomic E-state index is 0.0708. The Balaban J connectivity index is 1.46. The van der Waals surface area contributed by atoms with Crippen molar-refractivity contribution in [2.75, 3.05) is 24.5 Å². The quantitative estimate of drug-likeness (QED) is 0.632. The Kier molecular flexibility index (Phi) is 6.13. The van der Waals surface area contributed by atoms with E-state index in [1.807, 2.05) is 69.3 Å². The molecule has 6 heteroatoms. The average molecular weight is 437 g/mol. The Morgan fingerprint density at radius 3 is 2.28 bits per heavy atom. The first-order chi connectivity index (χ1) is 15.2. The minimum atomic E-state index is -0.505. The van der Waals surface area contributed by atoms with E-state index in [9.17, 15) is 9.59 Å². The number of hydrogen-bond donors (Lipinski definition) is 0. The van der Waals surface area contributed by atoms with Crippen LogP contribution in [0.4, 0.5) is 15.3 Å². The molecular formula is C26H32N2O4. The molecule has 0 unspecified atom stereocenters. The standard InChI is InChI=1S/C26H32N2O4/c1-25(2,3)32-23(29)27-15-13-26(14-16-27)17-21-11-7-8-12-22(21)28(19-26)24(30)31-18-20-9-5-4-6-10-20/h4-12H,13-19H2,1-3H3. The van der Waals surface area contributed by atoms with Crippen LogP contribution in [0.1, 0.15) is 44.7 Å². The van der Waals surface area contributed by atoms with Crippen molar-refractivity contribution in [2.24, 2.45) is 5.41 Å². The van der Waals surface area contributed by atoms with Crippen LogP contribution in [-0.4, -0.2) is 42.3 Å². The molecule has 2 heterocycles. The van der Waals surface area contributed by atoms with Crippen LogP contribution in [-0.2, 0) is 22.5 Å². The predicted octanol–water partition coefficient (Wildman–Crippen LogP) is 5.40. The lowest BCUT2D eigenvalue weighted by Crippen LogP contribution is -2.53. The zero-order valence-corrected chi connectivity index (χ0v) is 19.2. The Bertz CT molecular complexity index is 959. The third-order valence-electron chi connectivity index (χ3n) is 6.24. The Morgan fingerprint density at radius 2 is 1.59 bits per heavy atom. The molecule has 0 atom stereocenters. The Hall–Kier alpha value is -3.02. The van der Waals surface area contributed by atoms with E-state index in [2.05, 4.69) is 6.07 Å². The lowest BCUT2D eigenvalue weighted by molar-refractivity contribution is 0.0101. The van der Waals surface area contributed by atoms with Gasteiger partial charge in [0, 0.05) is 19.6 Å². The molecule has 2 aromatic rings. The first-order valence-electron chi connectivity index (χ1n) is 11.3. The molecule has 1 fully saturated rings. The lowest BCUT2D eigenvalue weighted by Gasteiger charge is -2.47. The summed E-state index contributed by atoms with van der Waals surface area (Å²) in [6.07, 6.45) is 1.96. The van der Waals surface area contributed by atoms with Crippen molar-refractivity contribution in [2.45, 2.75) is 52.2 Å². The maximum absolute atomic E-state index is 13.1. The molecule has 170 valence electrons. The number of carbonyl (C=O) groups is 2.